The van der Waals surface area contributed by atoms with Crippen molar-refractivity contribution in [3.05, 3.63) is 41.2 Å². The third kappa shape index (κ3) is 3.39. The zero-order valence-corrected chi connectivity index (χ0v) is 15.0. The van der Waals surface area contributed by atoms with Crippen LogP contribution in [0.3, 0.4) is 0 Å². The van der Waals surface area contributed by atoms with Crippen molar-refractivity contribution in [3.63, 3.8) is 0 Å². The molecule has 3 heterocycles. The van der Waals surface area contributed by atoms with Gasteiger partial charge in [-0.3, -0.25) is 4.90 Å². The summed E-state index contributed by atoms with van der Waals surface area (Å²) >= 11 is 0. The maximum Gasteiger partial charge on any atom is 0.120 e. The van der Waals surface area contributed by atoms with Crippen LogP contribution in [0.5, 0.6) is 0 Å². The minimum absolute atomic E-state index is 0.612. The van der Waals surface area contributed by atoms with E-state index in [1.165, 1.54) is 36.3 Å². The minimum Gasteiger partial charge on any atom is -0.340 e. The van der Waals surface area contributed by atoms with Gasteiger partial charge in [0.15, 0.2) is 0 Å². The van der Waals surface area contributed by atoms with Crippen LogP contribution in [0.15, 0.2) is 18.5 Å². The van der Waals surface area contributed by atoms with Gasteiger partial charge in [0.25, 0.3) is 0 Å². The highest BCUT2D eigenvalue weighted by molar-refractivity contribution is 5.34. The molecule has 1 fully saturated rings. The average Bonchev–Trinajstić information content (AvgIpc) is 3.12. The van der Waals surface area contributed by atoms with E-state index in [1.54, 1.807) is 0 Å². The molecule has 2 aromatic heterocycles. The van der Waals surface area contributed by atoms with Gasteiger partial charge >= 0.3 is 0 Å². The van der Waals surface area contributed by atoms with E-state index in [1.807, 2.05) is 24.0 Å². The van der Waals surface area contributed by atoms with Crippen LogP contribution >= 0.6 is 0 Å². The van der Waals surface area contributed by atoms with Crippen molar-refractivity contribution in [1.82, 2.24) is 19.0 Å². The normalized spacial score (nSPS) is 18.7. The molecule has 3 rings (SSSR count). The first kappa shape index (κ1) is 16.8. The third-order valence-corrected chi connectivity index (χ3v) is 5.50. The van der Waals surface area contributed by atoms with E-state index in [0.29, 0.717) is 6.04 Å². The standard InChI is InChI=1S/C19H27N5/c1-15-16(12-18(13-20)23(15)3)14-24-10-5-4-6-17(24)7-8-19-21-9-11-22(19)2/h9,11-12,17H,4-8,10,14H2,1-3H3/t17-/m0/s1. The van der Waals surface area contributed by atoms with Crippen molar-refractivity contribution in [1.29, 1.82) is 5.26 Å². The van der Waals surface area contributed by atoms with Crippen LogP contribution in [0.25, 0.3) is 0 Å². The van der Waals surface area contributed by atoms with Gasteiger partial charge in [0.05, 0.1) is 0 Å². The largest absolute Gasteiger partial charge is 0.340 e. The quantitative estimate of drug-likeness (QED) is 0.849. The van der Waals surface area contributed by atoms with E-state index >= 15 is 0 Å². The van der Waals surface area contributed by atoms with Crippen LogP contribution in [-0.2, 0) is 27.1 Å². The molecular formula is C19H27N5. The molecule has 24 heavy (non-hydrogen) atoms. The average molecular weight is 325 g/mol. The second-order valence-corrected chi connectivity index (χ2v) is 6.92. The Morgan fingerprint density at radius 2 is 2.17 bits per heavy atom. The smallest absolute Gasteiger partial charge is 0.120 e. The van der Waals surface area contributed by atoms with Crippen molar-refractivity contribution in [2.75, 3.05) is 6.54 Å². The van der Waals surface area contributed by atoms with Gasteiger partial charge < -0.3 is 9.13 Å². The number of aryl methyl sites for hydroxylation is 2. The van der Waals surface area contributed by atoms with Gasteiger partial charge in [0, 0.05) is 51.2 Å². The first-order valence-corrected chi connectivity index (χ1v) is 8.85. The molecule has 0 bridgehead atoms. The van der Waals surface area contributed by atoms with Gasteiger partial charge in [-0.25, -0.2) is 4.98 Å². The third-order valence-electron chi connectivity index (χ3n) is 5.50. The van der Waals surface area contributed by atoms with E-state index in [9.17, 15) is 5.26 Å². The molecule has 1 atom stereocenters. The Morgan fingerprint density at radius 3 is 2.83 bits per heavy atom. The summed E-state index contributed by atoms with van der Waals surface area (Å²) in [4.78, 5) is 7.06. The molecule has 2 aromatic rings. The SMILES string of the molecule is Cc1c(CN2CCCC[C@H]2CCc2nccn2C)cc(C#N)n1C. The summed E-state index contributed by atoms with van der Waals surface area (Å²) in [6.45, 7) is 4.22. The van der Waals surface area contributed by atoms with Crippen LogP contribution in [0, 0.1) is 18.3 Å². The lowest BCUT2D eigenvalue weighted by Crippen LogP contribution is -2.39. The second-order valence-electron chi connectivity index (χ2n) is 6.92. The van der Waals surface area contributed by atoms with Gasteiger partial charge in [-0.15, -0.1) is 0 Å². The number of hydrogen-bond acceptors (Lipinski definition) is 3. The number of nitriles is 1. The monoisotopic (exact) mass is 325 g/mol. The van der Waals surface area contributed by atoms with Crippen LogP contribution in [0.4, 0.5) is 0 Å². The maximum absolute atomic E-state index is 9.24. The summed E-state index contributed by atoms with van der Waals surface area (Å²) in [5, 5.41) is 9.24. The zero-order chi connectivity index (χ0) is 17.1. The number of hydrogen-bond donors (Lipinski definition) is 0. The molecule has 0 N–H and O–H groups in total. The summed E-state index contributed by atoms with van der Waals surface area (Å²) in [5.74, 6) is 1.17. The highest BCUT2D eigenvalue weighted by Crippen LogP contribution is 2.25. The summed E-state index contributed by atoms with van der Waals surface area (Å²) in [5.41, 5.74) is 3.25. The molecule has 0 amide bonds. The second kappa shape index (κ2) is 7.23. The van der Waals surface area contributed by atoms with Crippen LogP contribution in [-0.4, -0.2) is 31.6 Å². The Kier molecular flexibility index (Phi) is 5.06. The molecule has 1 saturated heterocycles. The van der Waals surface area contributed by atoms with Crippen molar-refractivity contribution >= 4 is 0 Å². The number of piperidine rings is 1. The molecule has 0 aliphatic carbocycles. The molecule has 0 aromatic carbocycles. The first-order valence-electron chi connectivity index (χ1n) is 8.85. The lowest BCUT2D eigenvalue weighted by atomic mass is 9.97. The number of rotatable bonds is 5. The molecule has 1 aliphatic rings. The fourth-order valence-corrected chi connectivity index (χ4v) is 3.78. The Morgan fingerprint density at radius 1 is 1.33 bits per heavy atom. The van der Waals surface area contributed by atoms with E-state index in [-0.39, 0.29) is 0 Å². The van der Waals surface area contributed by atoms with Gasteiger partial charge in [0.2, 0.25) is 0 Å². The molecule has 0 saturated carbocycles. The molecular weight excluding hydrogens is 298 g/mol. The molecule has 0 spiro atoms. The Labute approximate surface area is 144 Å². The van der Waals surface area contributed by atoms with E-state index in [0.717, 1.165) is 31.6 Å². The Bertz CT molecular complexity index is 734. The molecule has 128 valence electrons. The zero-order valence-electron chi connectivity index (χ0n) is 15.0. The molecule has 5 heteroatoms. The van der Waals surface area contributed by atoms with E-state index in [2.05, 4.69) is 40.6 Å². The summed E-state index contributed by atoms with van der Waals surface area (Å²) in [6.07, 6.45) is 9.94. The van der Waals surface area contributed by atoms with Gasteiger partial charge in [0.1, 0.15) is 17.6 Å². The lowest BCUT2D eigenvalue weighted by Gasteiger charge is -2.36. The predicted molar refractivity (Wildman–Crippen MR) is 94.4 cm³/mol. The first-order chi connectivity index (χ1) is 11.6. The van der Waals surface area contributed by atoms with E-state index < -0.39 is 0 Å². The van der Waals surface area contributed by atoms with E-state index in [4.69, 9.17) is 0 Å². The van der Waals surface area contributed by atoms with Gasteiger partial charge in [-0.1, -0.05) is 6.42 Å². The van der Waals surface area contributed by atoms with Crippen molar-refractivity contribution in [2.24, 2.45) is 14.1 Å². The minimum atomic E-state index is 0.612. The fourth-order valence-electron chi connectivity index (χ4n) is 3.78. The predicted octanol–water partition coefficient (Wildman–Crippen LogP) is 2.93. The van der Waals surface area contributed by atoms with Crippen molar-refractivity contribution < 1.29 is 0 Å². The molecule has 5 nitrogen and oxygen atoms in total. The summed E-state index contributed by atoms with van der Waals surface area (Å²) in [7, 11) is 4.05. The number of imidazole rings is 1. The van der Waals surface area contributed by atoms with Gasteiger partial charge in [-0.05, 0) is 44.4 Å². The van der Waals surface area contributed by atoms with Gasteiger partial charge in [-0.2, -0.15) is 5.26 Å². The highest BCUT2D eigenvalue weighted by Gasteiger charge is 2.24. The van der Waals surface area contributed by atoms with Crippen LogP contribution < -0.4 is 0 Å². The van der Waals surface area contributed by atoms with Crippen molar-refractivity contribution in [3.8, 4) is 6.07 Å². The number of aromatic nitrogens is 3. The maximum atomic E-state index is 9.24. The molecule has 0 unspecified atom stereocenters. The Hall–Kier alpha value is -2.06. The topological polar surface area (TPSA) is 49.8 Å². The van der Waals surface area contributed by atoms with Crippen molar-refractivity contribution in [2.45, 2.75) is 51.6 Å². The highest BCUT2D eigenvalue weighted by atomic mass is 15.2. The summed E-state index contributed by atoms with van der Waals surface area (Å²) < 4.78 is 4.12. The summed E-state index contributed by atoms with van der Waals surface area (Å²) in [6, 6.07) is 4.96. The molecule has 0 radical (unpaired) electrons. The lowest BCUT2D eigenvalue weighted by molar-refractivity contribution is 0.131. The number of likely N-dealkylation sites (tertiary alicyclic amines) is 1. The fraction of sp³-hybridized carbons (Fsp3) is 0.579. The molecule has 1 aliphatic heterocycles. The Balaban J connectivity index is 1.68. The number of nitrogens with zero attached hydrogens (tertiary/aromatic N) is 5. The van der Waals surface area contributed by atoms with Crippen LogP contribution in [0.2, 0.25) is 0 Å². The van der Waals surface area contributed by atoms with Crippen LogP contribution in [0.1, 0.15) is 48.5 Å².